The molecule has 3 aromatic carbocycles. The van der Waals surface area contributed by atoms with E-state index in [1.807, 2.05) is 0 Å². The van der Waals surface area contributed by atoms with Gasteiger partial charge in [-0.2, -0.15) is 13.2 Å². The van der Waals surface area contributed by atoms with Crippen molar-refractivity contribution in [3.63, 3.8) is 0 Å². The molecule has 218 valence electrons. The zero-order chi connectivity index (χ0) is 29.9. The van der Waals surface area contributed by atoms with Crippen molar-refractivity contribution in [2.45, 2.75) is 36.4 Å². The average Bonchev–Trinajstić information content (AvgIpc) is 2.94. The Kier molecular flexibility index (Phi) is 8.93. The van der Waals surface area contributed by atoms with Gasteiger partial charge in [-0.1, -0.05) is 48.0 Å². The summed E-state index contributed by atoms with van der Waals surface area (Å²) < 4.78 is 106. The lowest BCUT2D eigenvalue weighted by molar-refractivity contribution is -0.141. The lowest BCUT2D eigenvalue weighted by atomic mass is 10.0. The molecule has 1 aliphatic heterocycles. The van der Waals surface area contributed by atoms with E-state index in [1.165, 1.54) is 49.6 Å². The first-order valence-corrected chi connectivity index (χ1v) is 13.9. The monoisotopic (exact) mass is 615 g/mol. The van der Waals surface area contributed by atoms with Crippen LogP contribution in [0.5, 0.6) is 5.75 Å². The van der Waals surface area contributed by atoms with Crippen molar-refractivity contribution in [1.82, 2.24) is 0 Å². The molecule has 1 heterocycles. The van der Waals surface area contributed by atoms with Crippen molar-refractivity contribution < 1.29 is 44.6 Å². The van der Waals surface area contributed by atoms with Gasteiger partial charge in [0, 0.05) is 22.6 Å². The molecular formula is C28H23ClF5NO5S. The molecule has 0 N–H and O–H groups in total. The molecule has 1 atom stereocenters. The Labute approximate surface area is 238 Å². The van der Waals surface area contributed by atoms with Crippen molar-refractivity contribution in [2.24, 2.45) is 0 Å². The predicted octanol–water partition coefficient (Wildman–Crippen LogP) is 7.38. The molecule has 0 bridgehead atoms. The van der Waals surface area contributed by atoms with Crippen LogP contribution in [0.15, 0.2) is 65.6 Å². The lowest BCUT2D eigenvalue weighted by Crippen LogP contribution is -2.43. The second-order valence-electron chi connectivity index (χ2n) is 9.02. The van der Waals surface area contributed by atoms with Crippen LogP contribution in [0.4, 0.5) is 27.6 Å². The first kappa shape index (κ1) is 30.3. The average molecular weight is 616 g/mol. The highest BCUT2D eigenvalue weighted by atomic mass is 35.5. The summed E-state index contributed by atoms with van der Waals surface area (Å²) >= 11 is 6.12. The number of sulfonamides is 1. The fourth-order valence-corrected chi connectivity index (χ4v) is 6.04. The maximum absolute atomic E-state index is 13.7. The largest absolute Gasteiger partial charge is 0.486 e. The molecule has 3 aromatic rings. The van der Waals surface area contributed by atoms with Crippen molar-refractivity contribution >= 4 is 45.4 Å². The van der Waals surface area contributed by atoms with Gasteiger partial charge in [-0.3, -0.25) is 9.10 Å². The standard InChI is InChI=1S/C28H23ClF5NO5S/c1-39-26(36)13-10-19-16-35(41(37,38)20-5-2-4-18(15-20)28(32,33)34)24-14-17(9-12-25(24)40-19)8-11-21-22(27(30)31)6-3-7-23(21)29/h2-9,11-12,14-15,19,27H,10,13,16H2,1H3. The minimum Gasteiger partial charge on any atom is -0.486 e. The summed E-state index contributed by atoms with van der Waals surface area (Å²) in [5.74, 6) is -0.445. The number of fused-ring (bicyclic) bond motifs is 1. The summed E-state index contributed by atoms with van der Waals surface area (Å²) in [6.07, 6.45) is -5.58. The SMILES string of the molecule is COC(=O)CCC1CN(S(=O)(=O)c2cccc(C(F)(F)F)c2)c2cc(C=Cc3c(Cl)cccc3C(F)F)ccc2O1. The molecule has 13 heteroatoms. The van der Waals surface area contributed by atoms with Crippen LogP contribution in [0, 0.1) is 0 Å². The van der Waals surface area contributed by atoms with Gasteiger partial charge in [0.25, 0.3) is 16.4 Å². The Morgan fingerprint density at radius 2 is 1.85 bits per heavy atom. The van der Waals surface area contributed by atoms with E-state index < -0.39 is 45.2 Å². The van der Waals surface area contributed by atoms with E-state index in [1.54, 1.807) is 6.07 Å². The third-order valence-corrected chi connectivity index (χ3v) is 8.43. The van der Waals surface area contributed by atoms with Gasteiger partial charge in [-0.15, -0.1) is 0 Å². The molecule has 0 saturated heterocycles. The van der Waals surface area contributed by atoms with Crippen molar-refractivity contribution in [1.29, 1.82) is 0 Å². The van der Waals surface area contributed by atoms with Gasteiger partial charge < -0.3 is 9.47 Å². The van der Waals surface area contributed by atoms with Gasteiger partial charge >= 0.3 is 12.1 Å². The second-order valence-corrected chi connectivity index (χ2v) is 11.3. The molecule has 4 rings (SSSR count). The maximum Gasteiger partial charge on any atom is 0.416 e. The van der Waals surface area contributed by atoms with Crippen LogP contribution in [-0.4, -0.2) is 34.1 Å². The number of hydrogen-bond acceptors (Lipinski definition) is 5. The Balaban J connectivity index is 1.76. The van der Waals surface area contributed by atoms with Gasteiger partial charge in [0.15, 0.2) is 0 Å². The van der Waals surface area contributed by atoms with E-state index in [-0.39, 0.29) is 47.0 Å². The molecule has 0 spiro atoms. The smallest absolute Gasteiger partial charge is 0.416 e. The number of esters is 1. The number of methoxy groups -OCH3 is 1. The number of alkyl halides is 5. The van der Waals surface area contributed by atoms with Gasteiger partial charge in [-0.05, 0) is 48.4 Å². The molecule has 0 saturated carbocycles. The quantitative estimate of drug-likeness (QED) is 0.150. The van der Waals surface area contributed by atoms with E-state index in [9.17, 15) is 35.2 Å². The Morgan fingerprint density at radius 3 is 2.54 bits per heavy atom. The van der Waals surface area contributed by atoms with Crippen LogP contribution < -0.4 is 9.04 Å². The summed E-state index contributed by atoms with van der Waals surface area (Å²) in [5.41, 5.74) is -0.955. The first-order chi connectivity index (χ1) is 19.3. The molecule has 0 aliphatic carbocycles. The fraction of sp³-hybridized carbons (Fsp3) is 0.250. The summed E-state index contributed by atoms with van der Waals surface area (Å²) in [4.78, 5) is 11.1. The normalized spacial score (nSPS) is 15.6. The fourth-order valence-electron chi connectivity index (χ4n) is 4.25. The maximum atomic E-state index is 13.7. The van der Waals surface area contributed by atoms with Gasteiger partial charge in [-0.25, -0.2) is 17.2 Å². The molecule has 1 aliphatic rings. The third kappa shape index (κ3) is 6.82. The Hall–Kier alpha value is -3.64. The van der Waals surface area contributed by atoms with Crippen LogP contribution in [0.3, 0.4) is 0 Å². The number of carbonyl (C=O) groups is 1. The molecule has 1 unspecified atom stereocenters. The minimum absolute atomic E-state index is 0.0205. The second kappa shape index (κ2) is 12.1. The van der Waals surface area contributed by atoms with Gasteiger partial charge in [0.2, 0.25) is 0 Å². The topological polar surface area (TPSA) is 72.9 Å². The summed E-state index contributed by atoms with van der Waals surface area (Å²) in [6.45, 7) is -0.310. The summed E-state index contributed by atoms with van der Waals surface area (Å²) in [7, 11) is -3.35. The van der Waals surface area contributed by atoms with Crippen LogP contribution >= 0.6 is 11.6 Å². The molecule has 0 amide bonds. The molecule has 41 heavy (non-hydrogen) atoms. The van der Waals surface area contributed by atoms with Crippen molar-refractivity contribution in [2.75, 3.05) is 18.0 Å². The molecule has 0 radical (unpaired) electrons. The first-order valence-electron chi connectivity index (χ1n) is 12.1. The predicted molar refractivity (Wildman–Crippen MR) is 143 cm³/mol. The van der Waals surface area contributed by atoms with E-state index in [0.717, 1.165) is 22.5 Å². The molecule has 0 aromatic heterocycles. The third-order valence-electron chi connectivity index (χ3n) is 6.33. The summed E-state index contributed by atoms with van der Waals surface area (Å²) in [5, 5.41) is 0.0857. The van der Waals surface area contributed by atoms with Crippen molar-refractivity contribution in [3.05, 3.63) is 87.9 Å². The number of benzene rings is 3. The minimum atomic E-state index is -4.77. The molecular weight excluding hydrogens is 593 g/mol. The van der Waals surface area contributed by atoms with Crippen LogP contribution in [0.1, 0.15) is 41.5 Å². The number of hydrogen-bond donors (Lipinski definition) is 0. The highest BCUT2D eigenvalue weighted by molar-refractivity contribution is 7.92. The molecule has 6 nitrogen and oxygen atoms in total. The summed E-state index contributed by atoms with van der Waals surface area (Å²) in [6, 6.07) is 11.8. The van der Waals surface area contributed by atoms with E-state index in [2.05, 4.69) is 4.74 Å². The molecule has 0 fully saturated rings. The number of ether oxygens (including phenoxy) is 2. The number of halogens is 6. The highest BCUT2D eigenvalue weighted by Crippen LogP contribution is 2.40. The van der Waals surface area contributed by atoms with Crippen LogP contribution in [0.25, 0.3) is 12.2 Å². The van der Waals surface area contributed by atoms with Gasteiger partial charge in [0.05, 0.1) is 29.8 Å². The number of carbonyl (C=O) groups excluding carboxylic acids is 1. The van der Waals surface area contributed by atoms with Crippen LogP contribution in [0.2, 0.25) is 5.02 Å². The van der Waals surface area contributed by atoms with E-state index in [0.29, 0.717) is 11.6 Å². The number of nitrogens with zero attached hydrogens (tertiary/aromatic N) is 1. The zero-order valence-corrected chi connectivity index (χ0v) is 22.9. The Morgan fingerprint density at radius 1 is 1.12 bits per heavy atom. The van der Waals surface area contributed by atoms with Gasteiger partial charge in [0.1, 0.15) is 11.9 Å². The Bertz CT molecular complexity index is 1580. The zero-order valence-electron chi connectivity index (χ0n) is 21.4. The van der Waals surface area contributed by atoms with Crippen LogP contribution in [-0.2, 0) is 25.7 Å². The van der Waals surface area contributed by atoms with E-state index in [4.69, 9.17) is 16.3 Å². The lowest BCUT2D eigenvalue weighted by Gasteiger charge is -2.35. The van der Waals surface area contributed by atoms with E-state index >= 15 is 0 Å². The van der Waals surface area contributed by atoms with Crippen molar-refractivity contribution in [3.8, 4) is 5.75 Å². The highest BCUT2D eigenvalue weighted by Gasteiger charge is 2.37. The number of rotatable bonds is 8. The number of anilines is 1.